The lowest BCUT2D eigenvalue weighted by Crippen LogP contribution is -2.37. The van der Waals surface area contributed by atoms with Gasteiger partial charge in [-0.3, -0.25) is 0 Å². The fourth-order valence-electron chi connectivity index (χ4n) is 0.956. The van der Waals surface area contributed by atoms with Gasteiger partial charge < -0.3 is 10.1 Å². The number of ether oxygens (including phenoxy) is 1. The maximum atomic E-state index is 5.03. The number of nitrogens with one attached hydrogen (secondary N) is 1. The van der Waals surface area contributed by atoms with E-state index in [1.54, 1.807) is 7.11 Å². The Morgan fingerprint density at radius 2 is 2.00 bits per heavy atom. The van der Waals surface area contributed by atoms with E-state index in [1.165, 1.54) is 0 Å². The summed E-state index contributed by atoms with van der Waals surface area (Å²) in [5.41, 5.74) is 0. The van der Waals surface area contributed by atoms with Crippen LogP contribution in [0.1, 0.15) is 27.2 Å². The summed E-state index contributed by atoms with van der Waals surface area (Å²) in [7, 11) is 1.74. The maximum absolute atomic E-state index is 5.03. The van der Waals surface area contributed by atoms with E-state index in [0.717, 1.165) is 13.0 Å². The molecular formula is C8H19NO. The molecule has 0 aromatic heterocycles. The van der Waals surface area contributed by atoms with E-state index in [2.05, 4.69) is 26.1 Å². The Balaban J connectivity index is 3.39. The molecule has 0 rings (SSSR count). The zero-order valence-electron chi connectivity index (χ0n) is 7.48. The summed E-state index contributed by atoms with van der Waals surface area (Å²) in [6, 6.07) is 1.07. The van der Waals surface area contributed by atoms with Gasteiger partial charge in [0.25, 0.3) is 0 Å². The van der Waals surface area contributed by atoms with Crippen LogP contribution >= 0.6 is 0 Å². The van der Waals surface area contributed by atoms with Crippen LogP contribution in [0, 0.1) is 0 Å². The summed E-state index contributed by atoms with van der Waals surface area (Å²) in [5.74, 6) is 0. The molecule has 10 heavy (non-hydrogen) atoms. The predicted molar refractivity (Wildman–Crippen MR) is 44.2 cm³/mol. The summed E-state index contributed by atoms with van der Waals surface area (Å²) in [4.78, 5) is 0. The van der Waals surface area contributed by atoms with E-state index in [0.29, 0.717) is 12.1 Å². The molecule has 0 saturated carbocycles. The highest BCUT2D eigenvalue weighted by Gasteiger charge is 2.05. The molecule has 0 aliphatic carbocycles. The summed E-state index contributed by atoms with van der Waals surface area (Å²) in [6.45, 7) is 7.28. The van der Waals surface area contributed by atoms with Crippen molar-refractivity contribution in [3.63, 3.8) is 0 Å². The van der Waals surface area contributed by atoms with E-state index >= 15 is 0 Å². The van der Waals surface area contributed by atoms with Gasteiger partial charge >= 0.3 is 0 Å². The zero-order chi connectivity index (χ0) is 7.98. The van der Waals surface area contributed by atoms with E-state index in [1.807, 2.05) is 0 Å². The fraction of sp³-hybridized carbons (Fsp3) is 1.00. The van der Waals surface area contributed by atoms with Crippen molar-refractivity contribution in [2.75, 3.05) is 13.7 Å². The molecule has 0 amide bonds. The number of hydrogen-bond donors (Lipinski definition) is 1. The summed E-state index contributed by atoms with van der Waals surface area (Å²) < 4.78 is 5.03. The van der Waals surface area contributed by atoms with Crippen LogP contribution in [0.15, 0.2) is 0 Å². The second-order valence-electron chi connectivity index (χ2n) is 2.88. The summed E-state index contributed by atoms with van der Waals surface area (Å²) in [5, 5.41) is 3.41. The average Bonchev–Trinajstić information content (AvgIpc) is 1.86. The third-order valence-corrected chi connectivity index (χ3v) is 1.43. The standard InChI is InChI=1S/C8H19NO/c1-5-8(6-10-4)9-7(2)3/h7-9H,5-6H2,1-4H3. The van der Waals surface area contributed by atoms with Gasteiger partial charge in [-0.25, -0.2) is 0 Å². The Kier molecular flexibility index (Phi) is 5.64. The largest absolute Gasteiger partial charge is 0.383 e. The minimum absolute atomic E-state index is 0.519. The molecule has 2 nitrogen and oxygen atoms in total. The Morgan fingerprint density at radius 1 is 1.40 bits per heavy atom. The van der Waals surface area contributed by atoms with Crippen molar-refractivity contribution < 1.29 is 4.74 Å². The molecule has 0 bridgehead atoms. The molecule has 0 saturated heterocycles. The molecule has 1 unspecified atom stereocenters. The lowest BCUT2D eigenvalue weighted by Gasteiger charge is -2.18. The monoisotopic (exact) mass is 145 g/mol. The minimum Gasteiger partial charge on any atom is -0.383 e. The molecule has 0 fully saturated rings. The van der Waals surface area contributed by atoms with Gasteiger partial charge in [0.1, 0.15) is 0 Å². The molecule has 0 aromatic carbocycles. The SMILES string of the molecule is CCC(COC)NC(C)C. The van der Waals surface area contributed by atoms with Gasteiger partial charge in [0, 0.05) is 19.2 Å². The predicted octanol–water partition coefficient (Wildman–Crippen LogP) is 1.41. The minimum atomic E-state index is 0.519. The van der Waals surface area contributed by atoms with Gasteiger partial charge in [0.15, 0.2) is 0 Å². The van der Waals surface area contributed by atoms with Crippen LogP contribution in [0.4, 0.5) is 0 Å². The first-order valence-corrected chi connectivity index (χ1v) is 3.95. The van der Waals surface area contributed by atoms with E-state index in [4.69, 9.17) is 4.74 Å². The summed E-state index contributed by atoms with van der Waals surface area (Å²) in [6.07, 6.45) is 1.13. The molecule has 0 aliphatic rings. The fourth-order valence-corrected chi connectivity index (χ4v) is 0.956. The van der Waals surface area contributed by atoms with Crippen molar-refractivity contribution in [3.8, 4) is 0 Å². The van der Waals surface area contributed by atoms with Gasteiger partial charge in [0.2, 0.25) is 0 Å². The van der Waals surface area contributed by atoms with Gasteiger partial charge in [-0.1, -0.05) is 20.8 Å². The van der Waals surface area contributed by atoms with Crippen LogP contribution in [0.2, 0.25) is 0 Å². The third-order valence-electron chi connectivity index (χ3n) is 1.43. The van der Waals surface area contributed by atoms with Crippen molar-refractivity contribution >= 4 is 0 Å². The van der Waals surface area contributed by atoms with E-state index in [9.17, 15) is 0 Å². The highest BCUT2D eigenvalue weighted by molar-refractivity contribution is 4.65. The normalized spacial score (nSPS) is 14.1. The van der Waals surface area contributed by atoms with Crippen molar-refractivity contribution in [2.45, 2.75) is 39.3 Å². The first kappa shape index (κ1) is 9.92. The molecule has 1 N–H and O–H groups in total. The highest BCUT2D eigenvalue weighted by Crippen LogP contribution is 1.92. The lowest BCUT2D eigenvalue weighted by atomic mass is 10.2. The molecule has 0 radical (unpaired) electrons. The first-order valence-electron chi connectivity index (χ1n) is 3.95. The van der Waals surface area contributed by atoms with Gasteiger partial charge in [-0.05, 0) is 6.42 Å². The average molecular weight is 145 g/mol. The smallest absolute Gasteiger partial charge is 0.0615 e. The Bertz CT molecular complexity index is 73.7. The maximum Gasteiger partial charge on any atom is 0.0615 e. The van der Waals surface area contributed by atoms with Crippen molar-refractivity contribution in [1.29, 1.82) is 0 Å². The number of rotatable bonds is 5. The molecule has 62 valence electrons. The van der Waals surface area contributed by atoms with E-state index < -0.39 is 0 Å². The van der Waals surface area contributed by atoms with Gasteiger partial charge in [-0.2, -0.15) is 0 Å². The van der Waals surface area contributed by atoms with E-state index in [-0.39, 0.29) is 0 Å². The molecule has 0 aromatic rings. The second kappa shape index (κ2) is 5.69. The molecule has 0 heterocycles. The van der Waals surface area contributed by atoms with Crippen LogP contribution < -0.4 is 5.32 Å². The molecule has 0 aliphatic heterocycles. The lowest BCUT2D eigenvalue weighted by molar-refractivity contribution is 0.160. The number of hydrogen-bond acceptors (Lipinski definition) is 2. The molecule has 2 heteroatoms. The van der Waals surface area contributed by atoms with Crippen LogP contribution in [0.5, 0.6) is 0 Å². The number of methoxy groups -OCH3 is 1. The van der Waals surface area contributed by atoms with Crippen LogP contribution in [0.3, 0.4) is 0 Å². The second-order valence-corrected chi connectivity index (χ2v) is 2.88. The quantitative estimate of drug-likeness (QED) is 0.631. The zero-order valence-corrected chi connectivity index (χ0v) is 7.48. The van der Waals surface area contributed by atoms with Gasteiger partial charge in [-0.15, -0.1) is 0 Å². The molecular weight excluding hydrogens is 126 g/mol. The Morgan fingerprint density at radius 3 is 2.30 bits per heavy atom. The Labute approximate surface area is 64.0 Å². The van der Waals surface area contributed by atoms with Crippen molar-refractivity contribution in [3.05, 3.63) is 0 Å². The Hall–Kier alpha value is -0.0800. The van der Waals surface area contributed by atoms with Crippen LogP contribution in [0.25, 0.3) is 0 Å². The highest BCUT2D eigenvalue weighted by atomic mass is 16.5. The molecule has 0 spiro atoms. The third kappa shape index (κ3) is 4.77. The summed E-state index contributed by atoms with van der Waals surface area (Å²) >= 11 is 0. The topological polar surface area (TPSA) is 21.3 Å². The van der Waals surface area contributed by atoms with Crippen LogP contribution in [-0.4, -0.2) is 25.8 Å². The van der Waals surface area contributed by atoms with Crippen molar-refractivity contribution in [2.24, 2.45) is 0 Å². The van der Waals surface area contributed by atoms with Crippen molar-refractivity contribution in [1.82, 2.24) is 5.32 Å². The van der Waals surface area contributed by atoms with Gasteiger partial charge in [0.05, 0.1) is 6.61 Å². The molecule has 1 atom stereocenters. The van der Waals surface area contributed by atoms with Crippen LogP contribution in [-0.2, 0) is 4.74 Å². The first-order chi connectivity index (χ1) is 4.70.